The predicted octanol–water partition coefficient (Wildman–Crippen LogP) is 2.24. The Balaban J connectivity index is 2.82. The zero-order chi connectivity index (χ0) is 10.8. The minimum Gasteiger partial charge on any atom is -0.328 e. The number of allylic oxidation sites excluding steroid dienone is 1. The van der Waals surface area contributed by atoms with E-state index in [9.17, 15) is 4.79 Å². The molecule has 1 aromatic heterocycles. The fourth-order valence-corrected chi connectivity index (χ4v) is 1.64. The highest BCUT2D eigenvalue weighted by Crippen LogP contribution is 2.15. The van der Waals surface area contributed by atoms with E-state index in [1.807, 2.05) is 10.6 Å². The van der Waals surface area contributed by atoms with Gasteiger partial charge in [0.2, 0.25) is 0 Å². The molecule has 0 amide bonds. The molecule has 2 aromatic rings. The average Bonchev–Trinajstić information content (AvgIpc) is 2.23. The maximum Gasteiger partial charge on any atom is 0.280 e. The highest BCUT2D eigenvalue weighted by molar-refractivity contribution is 6.31. The number of nitrogens with zero attached hydrogens (tertiary/aromatic N) is 2. The molecule has 0 aliphatic rings. The molecule has 0 unspecified atom stereocenters. The third kappa shape index (κ3) is 1.78. The Morgan fingerprint density at radius 2 is 2.33 bits per heavy atom. The molecule has 1 heterocycles. The van der Waals surface area contributed by atoms with Crippen LogP contribution in [0.1, 0.15) is 0 Å². The van der Waals surface area contributed by atoms with E-state index in [1.54, 1.807) is 18.2 Å². The van der Waals surface area contributed by atoms with Gasteiger partial charge < -0.3 is 4.57 Å². The lowest BCUT2D eigenvalue weighted by Gasteiger charge is -2.06. The maximum atomic E-state index is 11.5. The summed E-state index contributed by atoms with van der Waals surface area (Å²) in [5.74, 6) is 0. The van der Waals surface area contributed by atoms with Crippen LogP contribution in [0.5, 0.6) is 0 Å². The van der Waals surface area contributed by atoms with Gasteiger partial charge in [-0.25, -0.2) is 0 Å². The molecule has 0 N–H and O–H groups in total. The van der Waals surface area contributed by atoms with Gasteiger partial charge in [-0.1, -0.05) is 17.7 Å². The summed E-state index contributed by atoms with van der Waals surface area (Å²) in [5, 5.41) is 1.07. The van der Waals surface area contributed by atoms with Gasteiger partial charge in [-0.3, -0.25) is 4.79 Å². The summed E-state index contributed by atoms with van der Waals surface area (Å²) in [6.45, 7) is 4.27. The second kappa shape index (κ2) is 3.87. The van der Waals surface area contributed by atoms with Crippen LogP contribution in [0.25, 0.3) is 10.9 Å². The van der Waals surface area contributed by atoms with Crippen molar-refractivity contribution in [2.24, 2.45) is 0 Å². The second-order valence-corrected chi connectivity index (χ2v) is 3.59. The van der Waals surface area contributed by atoms with Crippen LogP contribution < -0.4 is 5.56 Å². The highest BCUT2D eigenvalue weighted by Gasteiger charge is 2.03. The van der Waals surface area contributed by atoms with Gasteiger partial charge in [0.15, 0.2) is 0 Å². The third-order valence-corrected chi connectivity index (χ3v) is 2.37. The first-order chi connectivity index (χ1) is 7.22. The molecule has 0 atom stereocenters. The molecular weight excluding hydrogens is 212 g/mol. The van der Waals surface area contributed by atoms with Crippen molar-refractivity contribution in [2.45, 2.75) is 6.54 Å². The Labute approximate surface area is 91.6 Å². The minimum atomic E-state index is -0.257. The lowest BCUT2D eigenvalue weighted by molar-refractivity contribution is 0.820. The number of rotatable bonds is 2. The van der Waals surface area contributed by atoms with Crippen LogP contribution in [0.3, 0.4) is 0 Å². The molecule has 0 spiro atoms. The van der Waals surface area contributed by atoms with Crippen molar-refractivity contribution in [2.75, 3.05) is 0 Å². The van der Waals surface area contributed by atoms with E-state index in [-0.39, 0.29) is 5.56 Å². The van der Waals surface area contributed by atoms with Crippen LogP contribution in [-0.2, 0) is 6.54 Å². The predicted molar refractivity (Wildman–Crippen MR) is 61.2 cm³/mol. The van der Waals surface area contributed by atoms with Crippen molar-refractivity contribution in [1.29, 1.82) is 0 Å². The molecule has 2 rings (SSSR count). The number of hydrogen-bond donors (Lipinski definition) is 0. The number of halogens is 1. The molecule has 0 saturated heterocycles. The third-order valence-electron chi connectivity index (χ3n) is 2.14. The Hall–Kier alpha value is -1.61. The maximum absolute atomic E-state index is 11.5. The van der Waals surface area contributed by atoms with Crippen molar-refractivity contribution >= 4 is 22.5 Å². The molecule has 3 nitrogen and oxygen atoms in total. The first kappa shape index (κ1) is 9.93. The molecule has 0 aliphatic carbocycles. The molecule has 0 saturated carbocycles. The standard InChI is InChI=1S/C11H9ClN2O/c1-2-5-14-7-13-11(15)9-6-8(12)3-4-10(9)14/h2-4,6-7H,1,5H2. The van der Waals surface area contributed by atoms with Gasteiger partial charge in [0.05, 0.1) is 17.2 Å². The normalized spacial score (nSPS) is 10.5. The van der Waals surface area contributed by atoms with Crippen LogP contribution >= 0.6 is 11.6 Å². The summed E-state index contributed by atoms with van der Waals surface area (Å²) < 4.78 is 1.85. The van der Waals surface area contributed by atoms with E-state index in [0.29, 0.717) is 17.0 Å². The summed E-state index contributed by atoms with van der Waals surface area (Å²) in [5.41, 5.74) is 0.562. The Morgan fingerprint density at radius 1 is 1.53 bits per heavy atom. The Bertz CT molecular complexity index is 574. The van der Waals surface area contributed by atoms with Gasteiger partial charge in [0.25, 0.3) is 5.56 Å². The van der Waals surface area contributed by atoms with Gasteiger partial charge in [0.1, 0.15) is 0 Å². The lowest BCUT2D eigenvalue weighted by Crippen LogP contribution is -2.11. The average molecular weight is 221 g/mol. The monoisotopic (exact) mass is 220 g/mol. The topological polar surface area (TPSA) is 34.9 Å². The van der Waals surface area contributed by atoms with Crippen LogP contribution in [0.15, 0.2) is 42.0 Å². The molecule has 76 valence electrons. The van der Waals surface area contributed by atoms with Crippen molar-refractivity contribution in [3.63, 3.8) is 0 Å². The fraction of sp³-hybridized carbons (Fsp3) is 0.0909. The van der Waals surface area contributed by atoms with Gasteiger partial charge in [-0.05, 0) is 18.2 Å². The molecule has 1 aromatic carbocycles. The van der Waals surface area contributed by atoms with Crippen LogP contribution in [0.2, 0.25) is 5.02 Å². The van der Waals surface area contributed by atoms with Gasteiger partial charge >= 0.3 is 0 Å². The van der Waals surface area contributed by atoms with Crippen molar-refractivity contribution < 1.29 is 0 Å². The summed E-state index contributed by atoms with van der Waals surface area (Å²) in [7, 11) is 0. The van der Waals surface area contributed by atoms with Crippen molar-refractivity contribution in [3.05, 3.63) is 52.6 Å². The number of hydrogen-bond acceptors (Lipinski definition) is 2. The lowest BCUT2D eigenvalue weighted by atomic mass is 10.2. The SMILES string of the molecule is C=CCn1cnc(=O)c2cc(Cl)ccc21. The second-order valence-electron chi connectivity index (χ2n) is 3.15. The number of benzene rings is 1. The Kier molecular flexibility index (Phi) is 2.56. The van der Waals surface area contributed by atoms with E-state index in [4.69, 9.17) is 11.6 Å². The first-order valence-electron chi connectivity index (χ1n) is 4.48. The molecule has 0 radical (unpaired) electrons. The molecular formula is C11H9ClN2O. The number of aromatic nitrogens is 2. The summed E-state index contributed by atoms with van der Waals surface area (Å²) in [4.78, 5) is 15.2. The van der Waals surface area contributed by atoms with E-state index in [0.717, 1.165) is 5.52 Å². The van der Waals surface area contributed by atoms with Crippen molar-refractivity contribution in [3.8, 4) is 0 Å². The molecule has 0 bridgehead atoms. The highest BCUT2D eigenvalue weighted by atomic mass is 35.5. The zero-order valence-electron chi connectivity index (χ0n) is 7.98. The van der Waals surface area contributed by atoms with E-state index in [2.05, 4.69) is 11.6 Å². The summed E-state index contributed by atoms with van der Waals surface area (Å²) >= 11 is 5.82. The molecule has 4 heteroatoms. The number of fused-ring (bicyclic) bond motifs is 1. The molecule has 0 aliphatic heterocycles. The molecule has 15 heavy (non-hydrogen) atoms. The van der Waals surface area contributed by atoms with Crippen LogP contribution in [-0.4, -0.2) is 9.55 Å². The Morgan fingerprint density at radius 3 is 3.07 bits per heavy atom. The largest absolute Gasteiger partial charge is 0.328 e. The molecule has 0 fully saturated rings. The first-order valence-corrected chi connectivity index (χ1v) is 4.86. The fourth-order valence-electron chi connectivity index (χ4n) is 1.47. The zero-order valence-corrected chi connectivity index (χ0v) is 8.74. The van der Waals surface area contributed by atoms with Gasteiger partial charge in [-0.2, -0.15) is 4.98 Å². The van der Waals surface area contributed by atoms with Gasteiger partial charge in [0, 0.05) is 11.6 Å². The smallest absolute Gasteiger partial charge is 0.280 e. The minimum absolute atomic E-state index is 0.257. The van der Waals surface area contributed by atoms with Crippen LogP contribution in [0.4, 0.5) is 0 Å². The van der Waals surface area contributed by atoms with E-state index < -0.39 is 0 Å². The van der Waals surface area contributed by atoms with E-state index in [1.165, 1.54) is 6.33 Å². The van der Waals surface area contributed by atoms with Crippen LogP contribution in [0, 0.1) is 0 Å². The quantitative estimate of drug-likeness (QED) is 0.728. The summed E-state index contributed by atoms with van der Waals surface area (Å²) in [6, 6.07) is 5.19. The summed E-state index contributed by atoms with van der Waals surface area (Å²) in [6.07, 6.45) is 3.26. The van der Waals surface area contributed by atoms with Gasteiger partial charge in [-0.15, -0.1) is 6.58 Å². The van der Waals surface area contributed by atoms with E-state index >= 15 is 0 Å². The van der Waals surface area contributed by atoms with Crippen molar-refractivity contribution in [1.82, 2.24) is 9.55 Å².